The zero-order chi connectivity index (χ0) is 13.8. The molecule has 102 valence electrons. The summed E-state index contributed by atoms with van der Waals surface area (Å²) in [5.41, 5.74) is 7.10. The standard InChI is InChI=1S/C12H20N2O2S2/c1-9(8-17-2)7-14-12-5-4-10(6-11(12)13)18(3,15)16/h4-6,9,14H,7-8,13H2,1-3H3. The average molecular weight is 288 g/mol. The second-order valence-corrected chi connectivity index (χ2v) is 7.39. The molecule has 0 aliphatic heterocycles. The van der Waals surface area contributed by atoms with Gasteiger partial charge in [-0.1, -0.05) is 6.92 Å². The van der Waals surface area contributed by atoms with Crippen LogP contribution in [0.3, 0.4) is 0 Å². The zero-order valence-corrected chi connectivity index (χ0v) is 12.6. The molecule has 1 aromatic rings. The third-order valence-corrected chi connectivity index (χ3v) is 4.56. The Kier molecular flexibility index (Phi) is 5.34. The van der Waals surface area contributed by atoms with Crippen molar-refractivity contribution in [1.82, 2.24) is 0 Å². The van der Waals surface area contributed by atoms with Crippen LogP contribution < -0.4 is 11.1 Å². The number of nitrogens with one attached hydrogen (secondary N) is 1. The van der Waals surface area contributed by atoms with Gasteiger partial charge in [0.1, 0.15) is 0 Å². The topological polar surface area (TPSA) is 72.2 Å². The Morgan fingerprint density at radius 1 is 1.44 bits per heavy atom. The smallest absolute Gasteiger partial charge is 0.175 e. The van der Waals surface area contributed by atoms with Crippen LogP contribution in [0.25, 0.3) is 0 Å². The average Bonchev–Trinajstić information content (AvgIpc) is 2.26. The summed E-state index contributed by atoms with van der Waals surface area (Å²) in [6.45, 7) is 2.98. The molecule has 0 aliphatic rings. The van der Waals surface area contributed by atoms with Crippen molar-refractivity contribution < 1.29 is 8.42 Å². The highest BCUT2D eigenvalue weighted by Gasteiger charge is 2.09. The monoisotopic (exact) mass is 288 g/mol. The minimum absolute atomic E-state index is 0.253. The number of nitrogen functional groups attached to an aromatic ring is 1. The summed E-state index contributed by atoms with van der Waals surface area (Å²) in [4.78, 5) is 0.253. The number of anilines is 2. The van der Waals surface area contributed by atoms with E-state index in [-0.39, 0.29) is 4.90 Å². The molecule has 0 fully saturated rings. The molecule has 1 atom stereocenters. The van der Waals surface area contributed by atoms with Crippen LogP contribution in [0.5, 0.6) is 0 Å². The first-order valence-corrected chi connectivity index (χ1v) is 8.95. The molecule has 0 saturated carbocycles. The van der Waals surface area contributed by atoms with Gasteiger partial charge >= 0.3 is 0 Å². The molecular formula is C12H20N2O2S2. The molecule has 0 heterocycles. The first-order valence-electron chi connectivity index (χ1n) is 5.67. The predicted molar refractivity (Wildman–Crippen MR) is 80.0 cm³/mol. The molecule has 0 spiro atoms. The first-order chi connectivity index (χ1) is 8.34. The lowest BCUT2D eigenvalue weighted by molar-refractivity contribution is 0.602. The van der Waals surface area contributed by atoms with E-state index in [1.165, 1.54) is 12.3 Å². The number of rotatable bonds is 6. The van der Waals surface area contributed by atoms with Crippen molar-refractivity contribution in [3.05, 3.63) is 18.2 Å². The van der Waals surface area contributed by atoms with Gasteiger partial charge in [-0.3, -0.25) is 0 Å². The third-order valence-electron chi connectivity index (χ3n) is 2.54. The van der Waals surface area contributed by atoms with Gasteiger partial charge in [-0.25, -0.2) is 8.42 Å². The van der Waals surface area contributed by atoms with Crippen LogP contribution in [0.1, 0.15) is 6.92 Å². The largest absolute Gasteiger partial charge is 0.397 e. The van der Waals surface area contributed by atoms with Crippen molar-refractivity contribution in [3.63, 3.8) is 0 Å². The van der Waals surface area contributed by atoms with Crippen LogP contribution in [0.15, 0.2) is 23.1 Å². The Morgan fingerprint density at radius 2 is 2.11 bits per heavy atom. The van der Waals surface area contributed by atoms with Gasteiger partial charge in [-0.2, -0.15) is 11.8 Å². The fourth-order valence-corrected chi connectivity index (χ4v) is 2.90. The zero-order valence-electron chi connectivity index (χ0n) is 10.9. The molecule has 1 unspecified atom stereocenters. The molecule has 1 rings (SSSR count). The fraction of sp³-hybridized carbons (Fsp3) is 0.500. The van der Waals surface area contributed by atoms with Crippen molar-refractivity contribution >= 4 is 33.0 Å². The van der Waals surface area contributed by atoms with Gasteiger partial charge in [0.2, 0.25) is 0 Å². The van der Waals surface area contributed by atoms with Gasteiger partial charge in [-0.15, -0.1) is 0 Å². The highest BCUT2D eigenvalue weighted by molar-refractivity contribution is 7.98. The summed E-state index contributed by atoms with van der Waals surface area (Å²) >= 11 is 1.80. The van der Waals surface area contributed by atoms with Gasteiger partial charge in [-0.05, 0) is 36.1 Å². The van der Waals surface area contributed by atoms with Crippen molar-refractivity contribution in [2.75, 3.05) is 35.9 Å². The van der Waals surface area contributed by atoms with E-state index < -0.39 is 9.84 Å². The Hall–Kier alpha value is -0.880. The van der Waals surface area contributed by atoms with E-state index in [2.05, 4.69) is 18.5 Å². The molecular weight excluding hydrogens is 268 g/mol. The molecule has 6 heteroatoms. The number of thioether (sulfide) groups is 1. The van der Waals surface area contributed by atoms with E-state index in [0.29, 0.717) is 11.6 Å². The van der Waals surface area contributed by atoms with Gasteiger partial charge in [0.15, 0.2) is 9.84 Å². The summed E-state index contributed by atoms with van der Waals surface area (Å²) in [7, 11) is -3.19. The normalized spacial score (nSPS) is 13.3. The molecule has 3 N–H and O–H groups in total. The van der Waals surface area contributed by atoms with Gasteiger partial charge in [0, 0.05) is 12.8 Å². The van der Waals surface area contributed by atoms with Crippen molar-refractivity contribution in [1.29, 1.82) is 0 Å². The Labute approximate surface area is 113 Å². The molecule has 0 aromatic heterocycles. The third kappa shape index (κ3) is 4.42. The summed E-state index contributed by atoms with van der Waals surface area (Å²) in [5, 5.41) is 3.24. The number of sulfone groups is 1. The molecule has 1 aromatic carbocycles. The van der Waals surface area contributed by atoms with Crippen molar-refractivity contribution in [2.45, 2.75) is 11.8 Å². The molecule has 0 saturated heterocycles. The summed E-state index contributed by atoms with van der Waals surface area (Å²) in [5.74, 6) is 1.61. The van der Waals surface area contributed by atoms with Gasteiger partial charge < -0.3 is 11.1 Å². The highest BCUT2D eigenvalue weighted by Crippen LogP contribution is 2.23. The second kappa shape index (κ2) is 6.33. The molecule has 0 amide bonds. The molecule has 4 nitrogen and oxygen atoms in total. The Morgan fingerprint density at radius 3 is 2.61 bits per heavy atom. The highest BCUT2D eigenvalue weighted by atomic mass is 32.2. The Bertz CT molecular complexity index is 501. The van der Waals surface area contributed by atoms with Crippen molar-refractivity contribution in [3.8, 4) is 0 Å². The maximum Gasteiger partial charge on any atom is 0.175 e. The predicted octanol–water partition coefficient (Wildman–Crippen LogP) is 2.08. The molecule has 0 radical (unpaired) electrons. The van der Waals surface area contributed by atoms with E-state index >= 15 is 0 Å². The summed E-state index contributed by atoms with van der Waals surface area (Å²) < 4.78 is 22.7. The van der Waals surface area contributed by atoms with E-state index in [1.807, 2.05) is 0 Å². The second-order valence-electron chi connectivity index (χ2n) is 4.46. The lowest BCUT2D eigenvalue weighted by Gasteiger charge is -2.14. The summed E-state index contributed by atoms with van der Waals surface area (Å²) in [6.07, 6.45) is 3.25. The van der Waals surface area contributed by atoms with Gasteiger partial charge in [0.05, 0.1) is 16.3 Å². The minimum Gasteiger partial charge on any atom is -0.397 e. The lowest BCUT2D eigenvalue weighted by atomic mass is 10.2. The van der Waals surface area contributed by atoms with Crippen LogP contribution >= 0.6 is 11.8 Å². The molecule has 0 aliphatic carbocycles. The van der Waals surface area contributed by atoms with Gasteiger partial charge in [0.25, 0.3) is 0 Å². The number of hydrogen-bond donors (Lipinski definition) is 2. The maximum atomic E-state index is 11.4. The fourth-order valence-electron chi connectivity index (χ4n) is 1.56. The SMILES string of the molecule is CSCC(C)CNc1ccc(S(C)(=O)=O)cc1N. The summed E-state index contributed by atoms with van der Waals surface area (Å²) in [6, 6.07) is 4.79. The van der Waals surface area contributed by atoms with E-state index in [0.717, 1.165) is 18.0 Å². The van der Waals surface area contributed by atoms with Crippen molar-refractivity contribution in [2.24, 2.45) is 5.92 Å². The number of benzene rings is 1. The van der Waals surface area contributed by atoms with E-state index in [1.54, 1.807) is 23.9 Å². The Balaban J connectivity index is 2.75. The van der Waals surface area contributed by atoms with Crippen LogP contribution in [-0.2, 0) is 9.84 Å². The van der Waals surface area contributed by atoms with Crippen LogP contribution in [0.2, 0.25) is 0 Å². The number of nitrogens with two attached hydrogens (primary N) is 1. The first kappa shape index (κ1) is 15.2. The quantitative estimate of drug-likeness (QED) is 0.784. The van der Waals surface area contributed by atoms with E-state index in [4.69, 9.17) is 5.73 Å². The number of hydrogen-bond acceptors (Lipinski definition) is 5. The lowest BCUT2D eigenvalue weighted by Crippen LogP contribution is -2.14. The molecule has 18 heavy (non-hydrogen) atoms. The molecule has 0 bridgehead atoms. The maximum absolute atomic E-state index is 11.4. The van der Waals surface area contributed by atoms with E-state index in [9.17, 15) is 8.42 Å². The van der Waals surface area contributed by atoms with Crippen LogP contribution in [0.4, 0.5) is 11.4 Å². The minimum atomic E-state index is -3.19. The van der Waals surface area contributed by atoms with Crippen LogP contribution in [-0.4, -0.2) is 33.2 Å². The van der Waals surface area contributed by atoms with Crippen LogP contribution in [0, 0.1) is 5.92 Å².